The molecule has 0 unspecified atom stereocenters. The summed E-state index contributed by atoms with van der Waals surface area (Å²) < 4.78 is 0. The van der Waals surface area contributed by atoms with Crippen LogP contribution in [-0.2, 0) is 6.54 Å². The van der Waals surface area contributed by atoms with E-state index in [1.165, 1.54) is 48.7 Å². The highest BCUT2D eigenvalue weighted by molar-refractivity contribution is 6.21. The Kier molecular flexibility index (Phi) is 3.38. The van der Waals surface area contributed by atoms with E-state index in [0.29, 0.717) is 0 Å². The standard InChI is InChI=1S/C21H21N3O/c25-21-17-6-4-5-16-12-15-8-7-14(13-24-9-2-1-3-10-24)11-18(15)20(19(16)17)22-23-21/h4-8,11-12,22H,1-3,9-10,13H2,(H,23,25). The normalized spacial score (nSPS) is 17.5. The number of hydrogen-bond acceptors (Lipinski definition) is 3. The minimum absolute atomic E-state index is 0.0677. The van der Waals surface area contributed by atoms with Crippen LogP contribution in [0, 0.1) is 0 Å². The van der Waals surface area contributed by atoms with Crippen LogP contribution in [-0.4, -0.2) is 23.9 Å². The molecule has 2 aliphatic rings. The van der Waals surface area contributed by atoms with Crippen LogP contribution in [0.2, 0.25) is 0 Å². The number of anilines is 1. The van der Waals surface area contributed by atoms with Crippen molar-refractivity contribution >= 4 is 33.1 Å². The van der Waals surface area contributed by atoms with Crippen molar-refractivity contribution < 1.29 is 4.79 Å². The van der Waals surface area contributed by atoms with E-state index < -0.39 is 0 Å². The van der Waals surface area contributed by atoms with Crippen LogP contribution < -0.4 is 10.9 Å². The lowest BCUT2D eigenvalue weighted by atomic mass is 9.95. The molecule has 25 heavy (non-hydrogen) atoms. The van der Waals surface area contributed by atoms with Gasteiger partial charge in [-0.1, -0.05) is 30.7 Å². The van der Waals surface area contributed by atoms with Crippen LogP contribution in [0.4, 0.5) is 5.69 Å². The molecule has 4 heteroatoms. The van der Waals surface area contributed by atoms with Crippen molar-refractivity contribution in [3.05, 3.63) is 53.6 Å². The number of amides is 1. The molecule has 2 heterocycles. The molecule has 3 aromatic rings. The van der Waals surface area contributed by atoms with Crippen LogP contribution in [0.3, 0.4) is 0 Å². The van der Waals surface area contributed by atoms with Crippen LogP contribution in [0.5, 0.6) is 0 Å². The zero-order valence-corrected chi connectivity index (χ0v) is 14.1. The average Bonchev–Trinajstić information content (AvgIpc) is 2.65. The largest absolute Gasteiger partial charge is 0.299 e. The molecule has 4 nitrogen and oxygen atoms in total. The average molecular weight is 331 g/mol. The summed E-state index contributed by atoms with van der Waals surface area (Å²) in [6.45, 7) is 3.39. The van der Waals surface area contributed by atoms with Crippen molar-refractivity contribution in [3.63, 3.8) is 0 Å². The summed E-state index contributed by atoms with van der Waals surface area (Å²) in [7, 11) is 0. The van der Waals surface area contributed by atoms with Gasteiger partial charge in [-0.25, -0.2) is 0 Å². The second kappa shape index (κ2) is 5.74. The Balaban J connectivity index is 1.65. The second-order valence-electron chi connectivity index (χ2n) is 7.13. The van der Waals surface area contributed by atoms with Gasteiger partial charge in [-0.05, 0) is 60.5 Å². The molecule has 0 bridgehead atoms. The number of likely N-dealkylation sites (tertiary alicyclic amines) is 1. The van der Waals surface area contributed by atoms with E-state index in [-0.39, 0.29) is 5.91 Å². The highest BCUT2D eigenvalue weighted by Crippen LogP contribution is 2.37. The van der Waals surface area contributed by atoms with Gasteiger partial charge in [0.1, 0.15) is 0 Å². The van der Waals surface area contributed by atoms with E-state index in [0.717, 1.165) is 28.6 Å². The van der Waals surface area contributed by atoms with E-state index in [4.69, 9.17) is 0 Å². The van der Waals surface area contributed by atoms with Gasteiger partial charge in [-0.2, -0.15) is 0 Å². The molecule has 0 atom stereocenters. The Bertz CT molecular complexity index is 989. The van der Waals surface area contributed by atoms with Crippen molar-refractivity contribution in [1.29, 1.82) is 0 Å². The lowest BCUT2D eigenvalue weighted by Crippen LogP contribution is -2.33. The number of piperidine rings is 1. The SMILES string of the molecule is O=C1NNc2c3cc(CN4CCCCC4)ccc3cc3cccc1c23. The maximum Gasteiger partial charge on any atom is 0.270 e. The topological polar surface area (TPSA) is 44.4 Å². The van der Waals surface area contributed by atoms with Crippen molar-refractivity contribution in [3.8, 4) is 0 Å². The molecule has 126 valence electrons. The monoisotopic (exact) mass is 331 g/mol. The van der Waals surface area contributed by atoms with Gasteiger partial charge in [0, 0.05) is 17.3 Å². The molecule has 2 aliphatic heterocycles. The van der Waals surface area contributed by atoms with Crippen LogP contribution in [0.25, 0.3) is 21.5 Å². The van der Waals surface area contributed by atoms with Crippen molar-refractivity contribution in [2.45, 2.75) is 25.8 Å². The number of rotatable bonds is 2. The number of benzene rings is 3. The highest BCUT2D eigenvalue weighted by Gasteiger charge is 2.20. The molecule has 1 amide bonds. The third-order valence-corrected chi connectivity index (χ3v) is 5.45. The molecule has 0 aromatic heterocycles. The van der Waals surface area contributed by atoms with Gasteiger partial charge in [0.25, 0.3) is 5.91 Å². The van der Waals surface area contributed by atoms with Gasteiger partial charge in [0.15, 0.2) is 0 Å². The van der Waals surface area contributed by atoms with Crippen LogP contribution in [0.15, 0.2) is 42.5 Å². The minimum Gasteiger partial charge on any atom is -0.299 e. The highest BCUT2D eigenvalue weighted by atomic mass is 16.2. The molecule has 0 spiro atoms. The molecule has 0 radical (unpaired) electrons. The molecular weight excluding hydrogens is 310 g/mol. The summed E-state index contributed by atoms with van der Waals surface area (Å²) in [5, 5.41) is 4.50. The number of hydrazine groups is 1. The zero-order valence-electron chi connectivity index (χ0n) is 14.1. The van der Waals surface area contributed by atoms with Gasteiger partial charge in [-0.3, -0.25) is 20.5 Å². The van der Waals surface area contributed by atoms with Gasteiger partial charge >= 0.3 is 0 Å². The van der Waals surface area contributed by atoms with Crippen LogP contribution in [0.1, 0.15) is 35.2 Å². The predicted molar refractivity (Wildman–Crippen MR) is 102 cm³/mol. The molecule has 2 N–H and O–H groups in total. The maximum absolute atomic E-state index is 12.2. The molecule has 1 fully saturated rings. The lowest BCUT2D eigenvalue weighted by Gasteiger charge is -2.27. The van der Waals surface area contributed by atoms with Crippen LogP contribution >= 0.6 is 0 Å². The smallest absolute Gasteiger partial charge is 0.270 e. The third kappa shape index (κ3) is 2.45. The number of carbonyl (C=O) groups is 1. The number of nitrogens with zero attached hydrogens (tertiary/aromatic N) is 1. The lowest BCUT2D eigenvalue weighted by molar-refractivity contribution is 0.0962. The molecule has 0 saturated carbocycles. The summed E-state index contributed by atoms with van der Waals surface area (Å²) in [5.41, 5.74) is 9.03. The first kappa shape index (κ1) is 14.7. The minimum atomic E-state index is -0.0677. The molecule has 3 aromatic carbocycles. The summed E-state index contributed by atoms with van der Waals surface area (Å²) >= 11 is 0. The summed E-state index contributed by atoms with van der Waals surface area (Å²) in [6, 6.07) is 14.8. The van der Waals surface area contributed by atoms with Gasteiger partial charge in [0.05, 0.1) is 11.3 Å². The van der Waals surface area contributed by atoms with Crippen molar-refractivity contribution in [1.82, 2.24) is 10.3 Å². The summed E-state index contributed by atoms with van der Waals surface area (Å²) in [6.07, 6.45) is 3.97. The Morgan fingerprint density at radius 2 is 1.80 bits per heavy atom. The molecule has 5 rings (SSSR count). The predicted octanol–water partition coefficient (Wildman–Crippen LogP) is 4.05. The Labute approximate surface area is 146 Å². The molecule has 0 aliphatic carbocycles. The summed E-state index contributed by atoms with van der Waals surface area (Å²) in [4.78, 5) is 14.7. The van der Waals surface area contributed by atoms with Crippen molar-refractivity contribution in [2.75, 3.05) is 18.5 Å². The fraction of sp³-hybridized carbons (Fsp3) is 0.286. The summed E-state index contributed by atoms with van der Waals surface area (Å²) in [5.74, 6) is -0.0677. The first-order valence-electron chi connectivity index (χ1n) is 9.07. The van der Waals surface area contributed by atoms with Gasteiger partial charge in [-0.15, -0.1) is 0 Å². The number of carbonyl (C=O) groups excluding carboxylic acids is 1. The Morgan fingerprint density at radius 3 is 2.68 bits per heavy atom. The Morgan fingerprint density at radius 1 is 0.920 bits per heavy atom. The zero-order chi connectivity index (χ0) is 16.8. The maximum atomic E-state index is 12.2. The number of hydrogen-bond donors (Lipinski definition) is 2. The number of nitrogens with one attached hydrogen (secondary N) is 2. The van der Waals surface area contributed by atoms with E-state index in [9.17, 15) is 4.79 Å². The van der Waals surface area contributed by atoms with Crippen molar-refractivity contribution in [2.24, 2.45) is 0 Å². The van der Waals surface area contributed by atoms with E-state index in [1.807, 2.05) is 12.1 Å². The fourth-order valence-corrected chi connectivity index (χ4v) is 4.20. The van der Waals surface area contributed by atoms with E-state index in [2.05, 4.69) is 46.1 Å². The number of fused-ring (bicyclic) bond motifs is 2. The molecule has 1 saturated heterocycles. The third-order valence-electron chi connectivity index (χ3n) is 5.45. The van der Waals surface area contributed by atoms with Gasteiger partial charge in [0.2, 0.25) is 0 Å². The second-order valence-corrected chi connectivity index (χ2v) is 7.13. The molecular formula is C21H21N3O. The Hall–Kier alpha value is -2.59. The first-order chi connectivity index (χ1) is 12.3. The van der Waals surface area contributed by atoms with Gasteiger partial charge < -0.3 is 0 Å². The van der Waals surface area contributed by atoms with E-state index >= 15 is 0 Å². The quantitative estimate of drug-likeness (QED) is 0.696. The first-order valence-corrected chi connectivity index (χ1v) is 9.07. The van der Waals surface area contributed by atoms with E-state index in [1.54, 1.807) is 0 Å². The fourth-order valence-electron chi connectivity index (χ4n) is 4.20.